The van der Waals surface area contributed by atoms with E-state index < -0.39 is 0 Å². The topological polar surface area (TPSA) is 78.8 Å². The van der Waals surface area contributed by atoms with Gasteiger partial charge in [-0.25, -0.2) is 0 Å². The Hall–Kier alpha value is -2.95. The molecule has 0 heterocycles. The van der Waals surface area contributed by atoms with Crippen molar-refractivity contribution in [3.63, 3.8) is 0 Å². The summed E-state index contributed by atoms with van der Waals surface area (Å²) in [4.78, 5) is 11.8. The molecular formula is C17H17NO4. The Morgan fingerprint density at radius 1 is 1.18 bits per heavy atom. The Morgan fingerprint density at radius 2 is 1.95 bits per heavy atom. The summed E-state index contributed by atoms with van der Waals surface area (Å²) in [6.07, 6.45) is 2.90. The number of phenolic OH excluding ortho intramolecular Hbond substituents is 2. The monoisotopic (exact) mass is 299 g/mol. The van der Waals surface area contributed by atoms with E-state index in [1.165, 1.54) is 19.3 Å². The number of methoxy groups -OCH3 is 1. The van der Waals surface area contributed by atoms with E-state index in [-0.39, 0.29) is 17.4 Å². The SMILES string of the molecule is COc1cc(CNC(=O)/C=C/c2ccccc2O)ccc1O. The van der Waals surface area contributed by atoms with E-state index in [0.717, 1.165) is 5.56 Å². The lowest BCUT2D eigenvalue weighted by Gasteiger charge is -2.07. The van der Waals surface area contributed by atoms with E-state index in [1.54, 1.807) is 42.5 Å². The molecule has 0 bridgehead atoms. The van der Waals surface area contributed by atoms with Crippen LogP contribution in [-0.2, 0) is 11.3 Å². The highest BCUT2D eigenvalue weighted by Gasteiger charge is 2.03. The Labute approximate surface area is 128 Å². The summed E-state index contributed by atoms with van der Waals surface area (Å²) in [6, 6.07) is 11.6. The number of nitrogens with one attached hydrogen (secondary N) is 1. The van der Waals surface area contributed by atoms with Gasteiger partial charge in [0.15, 0.2) is 11.5 Å². The molecule has 0 spiro atoms. The smallest absolute Gasteiger partial charge is 0.244 e. The predicted molar refractivity (Wildman–Crippen MR) is 83.6 cm³/mol. The third kappa shape index (κ3) is 4.02. The van der Waals surface area contributed by atoms with Crippen LogP contribution in [0.2, 0.25) is 0 Å². The van der Waals surface area contributed by atoms with E-state index >= 15 is 0 Å². The summed E-state index contributed by atoms with van der Waals surface area (Å²) in [5.41, 5.74) is 1.38. The van der Waals surface area contributed by atoms with Crippen molar-refractivity contribution >= 4 is 12.0 Å². The Balaban J connectivity index is 1.94. The number of rotatable bonds is 5. The molecule has 0 atom stereocenters. The van der Waals surface area contributed by atoms with Crippen LogP contribution >= 0.6 is 0 Å². The van der Waals surface area contributed by atoms with Crippen LogP contribution in [0.1, 0.15) is 11.1 Å². The van der Waals surface area contributed by atoms with Crippen LogP contribution < -0.4 is 10.1 Å². The molecule has 0 aliphatic rings. The summed E-state index contributed by atoms with van der Waals surface area (Å²) >= 11 is 0. The van der Waals surface area contributed by atoms with Crippen molar-refractivity contribution in [3.05, 3.63) is 59.7 Å². The van der Waals surface area contributed by atoms with Gasteiger partial charge >= 0.3 is 0 Å². The molecule has 2 aromatic rings. The molecule has 0 unspecified atom stereocenters. The maximum atomic E-state index is 11.8. The van der Waals surface area contributed by atoms with Gasteiger partial charge in [0, 0.05) is 18.2 Å². The Bertz CT molecular complexity index is 695. The Kier molecular flexibility index (Phi) is 5.03. The minimum Gasteiger partial charge on any atom is -0.507 e. The number of hydrogen-bond acceptors (Lipinski definition) is 4. The first-order chi connectivity index (χ1) is 10.6. The van der Waals surface area contributed by atoms with Crippen molar-refractivity contribution in [1.82, 2.24) is 5.32 Å². The highest BCUT2D eigenvalue weighted by molar-refractivity contribution is 5.92. The standard InChI is InChI=1S/C17H17NO4/c1-22-16-10-12(6-8-15(16)20)11-18-17(21)9-7-13-4-2-3-5-14(13)19/h2-10,19-20H,11H2,1H3,(H,18,21)/b9-7+. The van der Waals surface area contributed by atoms with E-state index in [4.69, 9.17) is 4.74 Å². The summed E-state index contributed by atoms with van der Waals surface area (Å²) in [5.74, 6) is 0.249. The number of benzene rings is 2. The van der Waals surface area contributed by atoms with Crippen molar-refractivity contribution in [1.29, 1.82) is 0 Å². The van der Waals surface area contributed by atoms with Crippen molar-refractivity contribution in [2.75, 3.05) is 7.11 Å². The summed E-state index contributed by atoms with van der Waals surface area (Å²) in [6.45, 7) is 0.306. The lowest BCUT2D eigenvalue weighted by molar-refractivity contribution is -0.116. The zero-order valence-corrected chi connectivity index (χ0v) is 12.1. The van der Waals surface area contributed by atoms with Gasteiger partial charge in [-0.1, -0.05) is 24.3 Å². The van der Waals surface area contributed by atoms with E-state index in [9.17, 15) is 15.0 Å². The van der Waals surface area contributed by atoms with Crippen LogP contribution in [0.25, 0.3) is 6.08 Å². The summed E-state index contributed by atoms with van der Waals surface area (Å²) in [7, 11) is 1.46. The van der Waals surface area contributed by atoms with Gasteiger partial charge in [0.1, 0.15) is 5.75 Å². The van der Waals surface area contributed by atoms with Crippen LogP contribution in [0, 0.1) is 0 Å². The first kappa shape index (κ1) is 15.4. The molecule has 1 amide bonds. The largest absolute Gasteiger partial charge is 0.507 e. The average Bonchev–Trinajstić information content (AvgIpc) is 2.53. The average molecular weight is 299 g/mol. The van der Waals surface area contributed by atoms with Gasteiger partial charge in [-0.05, 0) is 29.8 Å². The van der Waals surface area contributed by atoms with E-state index in [2.05, 4.69) is 5.32 Å². The van der Waals surface area contributed by atoms with Crippen molar-refractivity contribution < 1.29 is 19.7 Å². The molecule has 0 aliphatic heterocycles. The van der Waals surface area contributed by atoms with Crippen LogP contribution in [0.15, 0.2) is 48.5 Å². The van der Waals surface area contributed by atoms with Gasteiger partial charge in [0.05, 0.1) is 7.11 Å². The molecule has 5 heteroatoms. The first-order valence-corrected chi connectivity index (χ1v) is 6.70. The highest BCUT2D eigenvalue weighted by Crippen LogP contribution is 2.26. The van der Waals surface area contributed by atoms with Crippen LogP contribution in [-0.4, -0.2) is 23.2 Å². The fourth-order valence-corrected chi connectivity index (χ4v) is 1.87. The normalized spacial score (nSPS) is 10.6. The number of aromatic hydroxyl groups is 2. The van der Waals surface area contributed by atoms with Gasteiger partial charge in [0.2, 0.25) is 5.91 Å². The van der Waals surface area contributed by atoms with Gasteiger partial charge in [-0.15, -0.1) is 0 Å². The number of phenols is 2. The van der Waals surface area contributed by atoms with Gasteiger partial charge < -0.3 is 20.3 Å². The predicted octanol–water partition coefficient (Wildman–Crippen LogP) is 2.44. The zero-order valence-electron chi connectivity index (χ0n) is 12.1. The van der Waals surface area contributed by atoms with Gasteiger partial charge in [-0.2, -0.15) is 0 Å². The quantitative estimate of drug-likeness (QED) is 0.741. The molecule has 0 saturated carbocycles. The maximum absolute atomic E-state index is 11.8. The number of amides is 1. The number of carbonyl (C=O) groups is 1. The number of hydrogen-bond donors (Lipinski definition) is 3. The molecule has 22 heavy (non-hydrogen) atoms. The van der Waals surface area contributed by atoms with E-state index in [1.807, 2.05) is 0 Å². The van der Waals surface area contributed by atoms with Gasteiger partial charge in [0.25, 0.3) is 0 Å². The van der Waals surface area contributed by atoms with Crippen LogP contribution in [0.4, 0.5) is 0 Å². The third-order valence-corrected chi connectivity index (χ3v) is 3.06. The van der Waals surface area contributed by atoms with Crippen molar-refractivity contribution in [3.8, 4) is 17.2 Å². The lowest BCUT2D eigenvalue weighted by atomic mass is 10.2. The molecular weight excluding hydrogens is 282 g/mol. The molecule has 0 aromatic heterocycles. The van der Waals surface area contributed by atoms with Crippen LogP contribution in [0.3, 0.4) is 0 Å². The van der Waals surface area contributed by atoms with E-state index in [0.29, 0.717) is 17.9 Å². The molecule has 114 valence electrons. The third-order valence-electron chi connectivity index (χ3n) is 3.06. The van der Waals surface area contributed by atoms with Crippen LogP contribution in [0.5, 0.6) is 17.2 Å². The fraction of sp³-hybridized carbons (Fsp3) is 0.118. The minimum absolute atomic E-state index is 0.0528. The molecule has 3 N–H and O–H groups in total. The minimum atomic E-state index is -0.282. The second-order valence-electron chi connectivity index (χ2n) is 4.62. The fourth-order valence-electron chi connectivity index (χ4n) is 1.87. The molecule has 2 aromatic carbocycles. The summed E-state index contributed by atoms with van der Waals surface area (Å²) in [5, 5.41) is 21.8. The molecule has 0 fully saturated rings. The molecule has 2 rings (SSSR count). The number of carbonyl (C=O) groups excluding carboxylic acids is 1. The second-order valence-corrected chi connectivity index (χ2v) is 4.62. The molecule has 0 radical (unpaired) electrons. The number of para-hydroxylation sites is 1. The van der Waals surface area contributed by atoms with Crippen molar-refractivity contribution in [2.24, 2.45) is 0 Å². The second kappa shape index (κ2) is 7.17. The van der Waals surface area contributed by atoms with Gasteiger partial charge in [-0.3, -0.25) is 4.79 Å². The van der Waals surface area contributed by atoms with Crippen molar-refractivity contribution in [2.45, 2.75) is 6.54 Å². The lowest BCUT2D eigenvalue weighted by Crippen LogP contribution is -2.20. The summed E-state index contributed by atoms with van der Waals surface area (Å²) < 4.78 is 5.01. The maximum Gasteiger partial charge on any atom is 0.244 e. The Morgan fingerprint density at radius 3 is 2.68 bits per heavy atom. The first-order valence-electron chi connectivity index (χ1n) is 6.70. The molecule has 5 nitrogen and oxygen atoms in total. The number of ether oxygens (including phenoxy) is 1. The zero-order chi connectivity index (χ0) is 15.9. The molecule has 0 saturated heterocycles. The highest BCUT2D eigenvalue weighted by atomic mass is 16.5. The molecule has 0 aliphatic carbocycles.